The van der Waals surface area contributed by atoms with Crippen LogP contribution >= 0.6 is 22.6 Å². The average Bonchev–Trinajstić information content (AvgIpc) is 2.33. The van der Waals surface area contributed by atoms with Gasteiger partial charge >= 0.3 is 0 Å². The van der Waals surface area contributed by atoms with Gasteiger partial charge in [-0.05, 0) is 18.8 Å². The monoisotopic (exact) mass is 282 g/mol. The third-order valence-corrected chi connectivity index (χ3v) is 3.90. The molecule has 2 rings (SSSR count). The van der Waals surface area contributed by atoms with E-state index in [1.165, 1.54) is 19.3 Å². The fourth-order valence-corrected chi connectivity index (χ4v) is 2.25. The lowest BCUT2D eigenvalue weighted by atomic mass is 9.86. The molecule has 12 heavy (non-hydrogen) atoms. The van der Waals surface area contributed by atoms with E-state index in [2.05, 4.69) is 22.6 Å². The lowest BCUT2D eigenvalue weighted by Crippen LogP contribution is -2.27. The Bertz CT molecular complexity index is 147. The molecule has 2 nitrogen and oxygen atoms in total. The molecule has 1 heterocycles. The molecule has 2 fully saturated rings. The summed E-state index contributed by atoms with van der Waals surface area (Å²) in [5.74, 6) is 0.856. The molecule has 0 amide bonds. The average molecular weight is 282 g/mol. The maximum absolute atomic E-state index is 5.79. The lowest BCUT2D eigenvalue weighted by molar-refractivity contribution is 0.00841. The lowest BCUT2D eigenvalue weighted by Gasteiger charge is -2.26. The predicted molar refractivity (Wildman–Crippen MR) is 55.7 cm³/mol. The van der Waals surface area contributed by atoms with Crippen molar-refractivity contribution in [1.82, 2.24) is 0 Å². The van der Waals surface area contributed by atoms with E-state index in [0.29, 0.717) is 10.0 Å². The number of halogens is 1. The van der Waals surface area contributed by atoms with Crippen LogP contribution < -0.4 is 0 Å². The predicted octanol–water partition coefficient (Wildman–Crippen LogP) is 2.01. The van der Waals surface area contributed by atoms with Crippen LogP contribution in [-0.4, -0.2) is 29.8 Å². The maximum atomic E-state index is 5.79. The number of ether oxygens (including phenoxy) is 2. The Morgan fingerprint density at radius 1 is 1.33 bits per heavy atom. The zero-order valence-corrected chi connectivity index (χ0v) is 9.33. The molecule has 1 aliphatic carbocycles. The third-order valence-electron chi connectivity index (χ3n) is 2.73. The van der Waals surface area contributed by atoms with E-state index in [4.69, 9.17) is 9.47 Å². The van der Waals surface area contributed by atoms with Crippen LogP contribution in [0.2, 0.25) is 0 Å². The largest absolute Gasteiger partial charge is 0.378 e. The summed E-state index contributed by atoms with van der Waals surface area (Å²) < 4.78 is 11.7. The number of hydrogen-bond acceptors (Lipinski definition) is 2. The first kappa shape index (κ1) is 9.21. The standard InChI is InChI=1S/C9H15IO2/c10-8-5-11-6-9(8)12-4-7-2-1-3-7/h7-9H,1-6H2. The molecular weight excluding hydrogens is 267 g/mol. The fourth-order valence-electron chi connectivity index (χ4n) is 1.58. The number of hydrogen-bond donors (Lipinski definition) is 0. The van der Waals surface area contributed by atoms with Gasteiger partial charge in [-0.2, -0.15) is 0 Å². The van der Waals surface area contributed by atoms with Crippen molar-refractivity contribution in [3.8, 4) is 0 Å². The Labute approximate surface area is 87.1 Å². The highest BCUT2D eigenvalue weighted by molar-refractivity contribution is 14.1. The van der Waals surface area contributed by atoms with Gasteiger partial charge < -0.3 is 9.47 Å². The number of alkyl halides is 1. The minimum Gasteiger partial charge on any atom is -0.378 e. The molecular formula is C9H15IO2. The van der Waals surface area contributed by atoms with E-state index in [0.717, 1.165) is 25.7 Å². The first-order valence-corrected chi connectivity index (χ1v) is 5.94. The minimum absolute atomic E-state index is 0.367. The summed E-state index contributed by atoms with van der Waals surface area (Å²) in [5.41, 5.74) is 0. The second kappa shape index (κ2) is 4.24. The van der Waals surface area contributed by atoms with Crippen LogP contribution in [0.15, 0.2) is 0 Å². The summed E-state index contributed by atoms with van der Waals surface area (Å²) in [7, 11) is 0. The van der Waals surface area contributed by atoms with Crippen molar-refractivity contribution in [2.24, 2.45) is 5.92 Å². The highest BCUT2D eigenvalue weighted by Crippen LogP contribution is 2.28. The van der Waals surface area contributed by atoms with E-state index >= 15 is 0 Å². The van der Waals surface area contributed by atoms with Gasteiger partial charge in [0.1, 0.15) is 0 Å². The Morgan fingerprint density at radius 3 is 2.67 bits per heavy atom. The topological polar surface area (TPSA) is 18.5 Å². The van der Waals surface area contributed by atoms with Crippen LogP contribution in [0.4, 0.5) is 0 Å². The highest BCUT2D eigenvalue weighted by Gasteiger charge is 2.28. The van der Waals surface area contributed by atoms with E-state index in [1.807, 2.05) is 0 Å². The van der Waals surface area contributed by atoms with Crippen molar-refractivity contribution < 1.29 is 9.47 Å². The molecule has 1 saturated carbocycles. The Hall–Kier alpha value is 0.650. The number of rotatable bonds is 3. The summed E-state index contributed by atoms with van der Waals surface area (Å²) in [6.45, 7) is 2.64. The summed E-state index contributed by atoms with van der Waals surface area (Å²) in [4.78, 5) is 0. The summed E-state index contributed by atoms with van der Waals surface area (Å²) in [6.07, 6.45) is 4.52. The van der Waals surface area contributed by atoms with Gasteiger partial charge in [0.2, 0.25) is 0 Å². The van der Waals surface area contributed by atoms with Gasteiger partial charge in [-0.3, -0.25) is 0 Å². The normalized spacial score (nSPS) is 36.8. The van der Waals surface area contributed by atoms with Gasteiger partial charge in [0.25, 0.3) is 0 Å². The Balaban J connectivity index is 1.64. The van der Waals surface area contributed by atoms with Crippen molar-refractivity contribution in [2.45, 2.75) is 29.3 Å². The first-order valence-electron chi connectivity index (χ1n) is 4.69. The van der Waals surface area contributed by atoms with Gasteiger partial charge in [0.05, 0.1) is 23.2 Å². The second-order valence-corrected chi connectivity index (χ2v) is 5.32. The fraction of sp³-hybridized carbons (Fsp3) is 1.00. The van der Waals surface area contributed by atoms with Crippen LogP contribution in [0.5, 0.6) is 0 Å². The molecule has 0 aromatic carbocycles. The van der Waals surface area contributed by atoms with Gasteiger partial charge in [-0.1, -0.05) is 29.0 Å². The molecule has 0 bridgehead atoms. The molecule has 0 aromatic heterocycles. The van der Waals surface area contributed by atoms with Crippen molar-refractivity contribution >= 4 is 22.6 Å². The Morgan fingerprint density at radius 2 is 2.17 bits per heavy atom. The van der Waals surface area contributed by atoms with E-state index < -0.39 is 0 Å². The molecule has 1 aliphatic heterocycles. The smallest absolute Gasteiger partial charge is 0.0948 e. The van der Waals surface area contributed by atoms with Crippen molar-refractivity contribution in [1.29, 1.82) is 0 Å². The third kappa shape index (κ3) is 2.12. The summed E-state index contributed by atoms with van der Waals surface area (Å²) in [6, 6.07) is 0. The minimum atomic E-state index is 0.367. The van der Waals surface area contributed by atoms with Crippen LogP contribution in [-0.2, 0) is 9.47 Å². The van der Waals surface area contributed by atoms with Gasteiger partial charge in [-0.25, -0.2) is 0 Å². The molecule has 2 unspecified atom stereocenters. The van der Waals surface area contributed by atoms with Gasteiger partial charge in [0, 0.05) is 6.61 Å². The van der Waals surface area contributed by atoms with Crippen molar-refractivity contribution in [3.05, 3.63) is 0 Å². The summed E-state index contributed by atoms with van der Waals surface area (Å²) >= 11 is 2.42. The van der Waals surface area contributed by atoms with Gasteiger partial charge in [0.15, 0.2) is 0 Å². The van der Waals surface area contributed by atoms with Crippen molar-refractivity contribution in [2.75, 3.05) is 19.8 Å². The maximum Gasteiger partial charge on any atom is 0.0948 e. The van der Waals surface area contributed by atoms with E-state index in [9.17, 15) is 0 Å². The molecule has 70 valence electrons. The van der Waals surface area contributed by atoms with E-state index in [-0.39, 0.29) is 0 Å². The quantitative estimate of drug-likeness (QED) is 0.582. The SMILES string of the molecule is IC1COCC1OCC1CCC1. The van der Waals surface area contributed by atoms with Crippen LogP contribution in [0.3, 0.4) is 0 Å². The molecule has 0 spiro atoms. The molecule has 0 aromatic rings. The zero-order valence-electron chi connectivity index (χ0n) is 7.17. The molecule has 3 heteroatoms. The van der Waals surface area contributed by atoms with Crippen molar-refractivity contribution in [3.63, 3.8) is 0 Å². The highest BCUT2D eigenvalue weighted by atomic mass is 127. The zero-order chi connectivity index (χ0) is 8.39. The van der Waals surface area contributed by atoms with Crippen LogP contribution in [0.25, 0.3) is 0 Å². The molecule has 2 atom stereocenters. The molecule has 2 aliphatic rings. The first-order chi connectivity index (χ1) is 5.86. The van der Waals surface area contributed by atoms with Crippen LogP contribution in [0, 0.1) is 5.92 Å². The molecule has 1 saturated heterocycles. The van der Waals surface area contributed by atoms with Gasteiger partial charge in [-0.15, -0.1) is 0 Å². The molecule has 0 radical (unpaired) electrons. The molecule has 0 N–H and O–H groups in total. The van der Waals surface area contributed by atoms with Crippen LogP contribution in [0.1, 0.15) is 19.3 Å². The van der Waals surface area contributed by atoms with E-state index in [1.54, 1.807) is 0 Å². The Kier molecular flexibility index (Phi) is 3.26. The summed E-state index contributed by atoms with van der Waals surface area (Å²) in [5, 5.41) is 0. The second-order valence-electron chi connectivity index (χ2n) is 3.72.